The van der Waals surface area contributed by atoms with Crippen molar-refractivity contribution in [2.24, 2.45) is 0 Å². The summed E-state index contributed by atoms with van der Waals surface area (Å²) in [4.78, 5) is 24.4. The number of ether oxygens (including phenoxy) is 3. The quantitative estimate of drug-likeness (QED) is 0.482. The molecule has 1 heterocycles. The molecule has 1 amide bonds. The number of methoxy groups -OCH3 is 3. The first-order valence-electron chi connectivity index (χ1n) is 10.7. The number of hydrogen-bond donors (Lipinski definition) is 1. The van der Waals surface area contributed by atoms with E-state index >= 15 is 0 Å². The molecule has 1 N–H and O–H groups in total. The average Bonchev–Trinajstić information content (AvgIpc) is 2.85. The first-order chi connectivity index (χ1) is 16.0. The summed E-state index contributed by atoms with van der Waals surface area (Å²) in [5.74, 6) is 1.96. The molecule has 0 fully saturated rings. The molecule has 0 radical (unpaired) electrons. The summed E-state index contributed by atoms with van der Waals surface area (Å²) >= 11 is 0. The number of nitrogens with zero attached hydrogens (tertiary/aromatic N) is 2. The smallest absolute Gasteiger partial charge is 0.266 e. The average molecular weight is 452 g/mol. The van der Waals surface area contributed by atoms with Crippen molar-refractivity contribution < 1.29 is 19.0 Å². The van der Waals surface area contributed by atoms with Gasteiger partial charge in [-0.05, 0) is 54.8 Å². The van der Waals surface area contributed by atoms with Gasteiger partial charge in [-0.3, -0.25) is 9.59 Å². The predicted octanol–water partition coefficient (Wildman–Crippen LogP) is 3.08. The summed E-state index contributed by atoms with van der Waals surface area (Å²) in [5, 5.41) is 7.37. The van der Waals surface area contributed by atoms with Crippen molar-refractivity contribution in [2.75, 3.05) is 27.9 Å². The largest absolute Gasteiger partial charge is 0.497 e. The lowest BCUT2D eigenvalue weighted by Gasteiger charge is -2.11. The third kappa shape index (κ3) is 6.58. The van der Waals surface area contributed by atoms with Crippen LogP contribution in [0.2, 0.25) is 0 Å². The fourth-order valence-corrected chi connectivity index (χ4v) is 3.37. The maximum absolute atomic E-state index is 12.2. The van der Waals surface area contributed by atoms with E-state index in [4.69, 9.17) is 14.2 Å². The molecule has 1 aromatic heterocycles. The lowest BCUT2D eigenvalue weighted by molar-refractivity contribution is -0.121. The SMILES string of the molecule is COc1ccc(CCNC(=O)CCCn2nc(-c3ccc(OC)c(OC)c3)ccc2=O)cc1. The number of nitrogens with one attached hydrogen (secondary N) is 1. The van der Waals surface area contributed by atoms with Gasteiger partial charge in [0.15, 0.2) is 11.5 Å². The Kier molecular flexibility index (Phi) is 8.46. The molecule has 0 aliphatic rings. The normalized spacial score (nSPS) is 10.5. The van der Waals surface area contributed by atoms with Crippen LogP contribution in [-0.4, -0.2) is 43.6 Å². The number of benzene rings is 2. The lowest BCUT2D eigenvalue weighted by atomic mass is 10.1. The minimum absolute atomic E-state index is 0.0485. The number of amides is 1. The molecule has 174 valence electrons. The lowest BCUT2D eigenvalue weighted by Crippen LogP contribution is -2.27. The van der Waals surface area contributed by atoms with E-state index in [1.54, 1.807) is 33.5 Å². The predicted molar refractivity (Wildman–Crippen MR) is 126 cm³/mol. The summed E-state index contributed by atoms with van der Waals surface area (Å²) in [7, 11) is 4.77. The molecule has 0 saturated carbocycles. The molecular formula is C25H29N3O5. The monoisotopic (exact) mass is 451 g/mol. The Bertz CT molecular complexity index is 1130. The van der Waals surface area contributed by atoms with E-state index < -0.39 is 0 Å². The molecule has 33 heavy (non-hydrogen) atoms. The van der Waals surface area contributed by atoms with E-state index in [1.807, 2.05) is 36.4 Å². The van der Waals surface area contributed by atoms with Gasteiger partial charge in [0.05, 0.1) is 27.0 Å². The summed E-state index contributed by atoms with van der Waals surface area (Å²) in [6, 6.07) is 16.4. The molecule has 0 saturated heterocycles. The fraction of sp³-hybridized carbons (Fsp3) is 0.320. The number of aryl methyl sites for hydroxylation is 1. The number of hydrogen-bond acceptors (Lipinski definition) is 6. The summed E-state index contributed by atoms with van der Waals surface area (Å²) in [6.45, 7) is 0.907. The molecule has 3 rings (SSSR count). The number of rotatable bonds is 11. The van der Waals surface area contributed by atoms with Crippen molar-refractivity contribution in [3.8, 4) is 28.5 Å². The number of carbonyl (C=O) groups is 1. The second-order valence-electron chi connectivity index (χ2n) is 7.40. The molecule has 0 unspecified atom stereocenters. The topological polar surface area (TPSA) is 91.7 Å². The highest BCUT2D eigenvalue weighted by Gasteiger charge is 2.09. The third-order valence-corrected chi connectivity index (χ3v) is 5.21. The first-order valence-corrected chi connectivity index (χ1v) is 10.7. The van der Waals surface area contributed by atoms with E-state index in [-0.39, 0.29) is 11.5 Å². The minimum atomic E-state index is -0.209. The van der Waals surface area contributed by atoms with Crippen molar-refractivity contribution in [1.29, 1.82) is 0 Å². The molecule has 8 heteroatoms. The Labute approximate surface area is 193 Å². The summed E-state index contributed by atoms with van der Waals surface area (Å²) in [5.41, 5.74) is 2.36. The van der Waals surface area contributed by atoms with Gasteiger partial charge in [0.2, 0.25) is 5.91 Å². The standard InChI is InChI=1S/C25H29N3O5/c1-31-20-9-6-18(7-10-20)14-15-26-24(29)5-4-16-28-25(30)13-11-21(27-28)19-8-12-22(32-2)23(17-19)33-3/h6-13,17H,4-5,14-16H2,1-3H3,(H,26,29). The van der Waals surface area contributed by atoms with Gasteiger partial charge in [-0.15, -0.1) is 0 Å². The summed E-state index contributed by atoms with van der Waals surface area (Å²) < 4.78 is 17.1. The summed E-state index contributed by atoms with van der Waals surface area (Å²) in [6.07, 6.45) is 1.57. The molecule has 8 nitrogen and oxygen atoms in total. The molecule has 3 aromatic rings. The van der Waals surface area contributed by atoms with Crippen molar-refractivity contribution in [3.05, 3.63) is 70.5 Å². The first kappa shape index (κ1) is 23.8. The molecule has 0 aliphatic carbocycles. The maximum atomic E-state index is 12.2. The van der Waals surface area contributed by atoms with E-state index in [2.05, 4.69) is 10.4 Å². The second kappa shape index (κ2) is 11.7. The van der Waals surface area contributed by atoms with Crippen molar-refractivity contribution in [3.63, 3.8) is 0 Å². The van der Waals surface area contributed by atoms with E-state index in [1.165, 1.54) is 10.7 Å². The molecule has 0 atom stereocenters. The molecule has 0 bridgehead atoms. The van der Waals surface area contributed by atoms with Gasteiger partial charge in [-0.2, -0.15) is 5.10 Å². The highest BCUT2D eigenvalue weighted by atomic mass is 16.5. The van der Waals surface area contributed by atoms with Crippen LogP contribution in [0.15, 0.2) is 59.4 Å². The Morgan fingerprint density at radius 1 is 0.939 bits per heavy atom. The third-order valence-electron chi connectivity index (χ3n) is 5.21. The second-order valence-corrected chi connectivity index (χ2v) is 7.40. The Balaban J connectivity index is 1.51. The number of aromatic nitrogens is 2. The van der Waals surface area contributed by atoms with Gasteiger partial charge in [0, 0.05) is 31.1 Å². The van der Waals surface area contributed by atoms with Gasteiger partial charge < -0.3 is 19.5 Å². The van der Waals surface area contributed by atoms with Gasteiger partial charge in [-0.1, -0.05) is 12.1 Å². The van der Waals surface area contributed by atoms with Crippen molar-refractivity contribution in [1.82, 2.24) is 15.1 Å². The van der Waals surface area contributed by atoms with Gasteiger partial charge in [0.25, 0.3) is 5.56 Å². The zero-order valence-corrected chi connectivity index (χ0v) is 19.2. The van der Waals surface area contributed by atoms with Gasteiger partial charge >= 0.3 is 0 Å². The van der Waals surface area contributed by atoms with Crippen LogP contribution < -0.4 is 25.1 Å². The van der Waals surface area contributed by atoms with Crippen LogP contribution in [-0.2, 0) is 17.8 Å². The minimum Gasteiger partial charge on any atom is -0.497 e. The molecular weight excluding hydrogens is 422 g/mol. The van der Waals surface area contributed by atoms with Gasteiger partial charge in [0.1, 0.15) is 5.75 Å². The van der Waals surface area contributed by atoms with Crippen LogP contribution >= 0.6 is 0 Å². The van der Waals surface area contributed by atoms with Crippen LogP contribution in [0, 0.1) is 0 Å². The zero-order valence-electron chi connectivity index (χ0n) is 19.2. The zero-order chi connectivity index (χ0) is 23.6. The molecule has 2 aromatic carbocycles. The van der Waals surface area contributed by atoms with Crippen molar-refractivity contribution >= 4 is 5.91 Å². The van der Waals surface area contributed by atoms with Crippen LogP contribution in [0.25, 0.3) is 11.3 Å². The van der Waals surface area contributed by atoms with Crippen LogP contribution in [0.3, 0.4) is 0 Å². The Hall–Kier alpha value is -3.81. The Morgan fingerprint density at radius 3 is 2.39 bits per heavy atom. The highest BCUT2D eigenvalue weighted by molar-refractivity contribution is 5.75. The van der Waals surface area contributed by atoms with Gasteiger partial charge in [-0.25, -0.2) is 4.68 Å². The fourth-order valence-electron chi connectivity index (χ4n) is 3.37. The van der Waals surface area contributed by atoms with E-state index in [0.717, 1.165) is 23.3 Å². The molecule has 0 aliphatic heterocycles. The molecule has 0 spiro atoms. The highest BCUT2D eigenvalue weighted by Crippen LogP contribution is 2.31. The number of carbonyl (C=O) groups excluding carboxylic acids is 1. The van der Waals surface area contributed by atoms with E-state index in [9.17, 15) is 9.59 Å². The van der Waals surface area contributed by atoms with Crippen LogP contribution in [0.4, 0.5) is 0 Å². The van der Waals surface area contributed by atoms with Crippen LogP contribution in [0.1, 0.15) is 18.4 Å². The maximum Gasteiger partial charge on any atom is 0.266 e. The Morgan fingerprint density at radius 2 is 1.70 bits per heavy atom. The van der Waals surface area contributed by atoms with Crippen molar-refractivity contribution in [2.45, 2.75) is 25.8 Å². The van der Waals surface area contributed by atoms with E-state index in [0.29, 0.717) is 43.1 Å². The van der Waals surface area contributed by atoms with Crippen LogP contribution in [0.5, 0.6) is 17.2 Å².